The fourth-order valence-electron chi connectivity index (χ4n) is 4.57. The predicted molar refractivity (Wildman–Crippen MR) is 171 cm³/mol. The third kappa shape index (κ3) is 8.08. The molecule has 238 valence electrons. The molecule has 0 aliphatic rings. The van der Waals surface area contributed by atoms with E-state index in [2.05, 4.69) is 5.32 Å². The zero-order chi connectivity index (χ0) is 32.4. The van der Waals surface area contributed by atoms with E-state index in [1.807, 2.05) is 6.92 Å². The summed E-state index contributed by atoms with van der Waals surface area (Å²) in [7, 11) is -1.53. The van der Waals surface area contributed by atoms with Gasteiger partial charge in [-0.1, -0.05) is 36.2 Å². The highest BCUT2D eigenvalue weighted by atomic mass is 35.5. The average Bonchev–Trinajstić information content (AvgIpc) is 3.01. The molecule has 0 radical (unpaired) electrons. The highest BCUT2D eigenvalue weighted by molar-refractivity contribution is 7.92. The van der Waals surface area contributed by atoms with Crippen LogP contribution in [0.2, 0.25) is 10.0 Å². The zero-order valence-electron chi connectivity index (χ0n) is 25.3. The molecule has 0 fully saturated rings. The van der Waals surface area contributed by atoms with Crippen LogP contribution in [-0.4, -0.2) is 65.1 Å². The highest BCUT2D eigenvalue weighted by Gasteiger charge is 2.34. The van der Waals surface area contributed by atoms with Crippen LogP contribution in [0.25, 0.3) is 0 Å². The molecule has 0 spiro atoms. The Balaban J connectivity index is 2.14. The van der Waals surface area contributed by atoms with Gasteiger partial charge < -0.3 is 24.4 Å². The van der Waals surface area contributed by atoms with E-state index in [0.29, 0.717) is 40.3 Å². The normalized spacial score (nSPS) is 11.8. The van der Waals surface area contributed by atoms with Gasteiger partial charge in [0.15, 0.2) is 11.5 Å². The number of rotatable bonds is 15. The molecular formula is C31H37Cl2N3O7S. The number of likely N-dealkylation sites (N-methyl/N-ethyl adjacent to an activating group) is 1. The lowest BCUT2D eigenvalue weighted by Crippen LogP contribution is -2.52. The Morgan fingerprint density at radius 2 is 1.55 bits per heavy atom. The summed E-state index contributed by atoms with van der Waals surface area (Å²) in [4.78, 5) is 28.5. The largest absolute Gasteiger partial charge is 0.494 e. The molecule has 3 rings (SSSR count). The molecule has 0 bridgehead atoms. The third-order valence-corrected chi connectivity index (χ3v) is 9.26. The Bertz CT molecular complexity index is 1530. The van der Waals surface area contributed by atoms with E-state index >= 15 is 0 Å². The molecule has 44 heavy (non-hydrogen) atoms. The van der Waals surface area contributed by atoms with E-state index < -0.39 is 28.5 Å². The van der Waals surface area contributed by atoms with Gasteiger partial charge in [0.25, 0.3) is 10.0 Å². The number of carbonyl (C=O) groups excluding carboxylic acids is 2. The van der Waals surface area contributed by atoms with Gasteiger partial charge in [0, 0.05) is 34.8 Å². The van der Waals surface area contributed by atoms with Gasteiger partial charge in [0.05, 0.1) is 31.4 Å². The van der Waals surface area contributed by atoms with Crippen LogP contribution in [0.1, 0.15) is 32.8 Å². The van der Waals surface area contributed by atoms with E-state index in [9.17, 15) is 18.0 Å². The van der Waals surface area contributed by atoms with Crippen LogP contribution in [0.3, 0.4) is 0 Å². The summed E-state index contributed by atoms with van der Waals surface area (Å²) in [5.74, 6) is 0.0386. The molecule has 2 amide bonds. The Labute approximate surface area is 268 Å². The summed E-state index contributed by atoms with van der Waals surface area (Å²) in [6.45, 7) is 5.37. The number of hydrogen-bond acceptors (Lipinski definition) is 7. The first-order chi connectivity index (χ1) is 21.0. The summed E-state index contributed by atoms with van der Waals surface area (Å²) < 4.78 is 45.6. The van der Waals surface area contributed by atoms with Gasteiger partial charge in [-0.2, -0.15) is 0 Å². The first-order valence-corrected chi connectivity index (χ1v) is 16.2. The molecular weight excluding hydrogens is 629 g/mol. The molecule has 1 atom stereocenters. The summed E-state index contributed by atoms with van der Waals surface area (Å²) in [5.41, 5.74) is 0.640. The van der Waals surface area contributed by atoms with E-state index in [-0.39, 0.29) is 35.2 Å². The minimum atomic E-state index is -4.36. The second kappa shape index (κ2) is 15.9. The number of nitrogens with zero attached hydrogens (tertiary/aromatic N) is 2. The lowest BCUT2D eigenvalue weighted by molar-refractivity contribution is -0.140. The van der Waals surface area contributed by atoms with Crippen LogP contribution in [0.5, 0.6) is 17.2 Å². The lowest BCUT2D eigenvalue weighted by Gasteiger charge is -2.33. The molecule has 0 aromatic heterocycles. The van der Waals surface area contributed by atoms with Gasteiger partial charge >= 0.3 is 0 Å². The van der Waals surface area contributed by atoms with Crippen molar-refractivity contribution in [2.45, 2.75) is 44.7 Å². The van der Waals surface area contributed by atoms with E-state index in [0.717, 1.165) is 4.31 Å². The standard InChI is InChI=1S/C31H37Cl2N3O7S/c1-6-27(31(38)34-7-2)35(19-24-25(32)10-9-11-26(24)33)30(37)20-36(21-12-14-22(15-13-21)43-8-3)44(39,40)23-16-17-28(41-4)29(18-23)42-5/h9-18,27H,6-8,19-20H2,1-5H3,(H,34,38)/t27-/m1/s1. The summed E-state index contributed by atoms with van der Waals surface area (Å²) in [6.07, 6.45) is 0.255. The van der Waals surface area contributed by atoms with Gasteiger partial charge in [0.2, 0.25) is 11.8 Å². The Hall–Kier alpha value is -3.67. The van der Waals surface area contributed by atoms with E-state index in [1.54, 1.807) is 56.3 Å². The number of amides is 2. The monoisotopic (exact) mass is 665 g/mol. The highest BCUT2D eigenvalue weighted by Crippen LogP contribution is 2.33. The molecule has 3 aromatic rings. The van der Waals surface area contributed by atoms with Crippen LogP contribution < -0.4 is 23.8 Å². The molecule has 0 unspecified atom stereocenters. The van der Waals surface area contributed by atoms with Gasteiger partial charge in [-0.25, -0.2) is 8.42 Å². The van der Waals surface area contributed by atoms with Crippen molar-refractivity contribution >= 4 is 50.7 Å². The number of benzene rings is 3. The van der Waals surface area contributed by atoms with Gasteiger partial charge in [-0.05, 0) is 68.8 Å². The quantitative estimate of drug-likeness (QED) is 0.226. The fraction of sp³-hybridized carbons (Fsp3) is 0.355. The molecule has 0 saturated carbocycles. The van der Waals surface area contributed by atoms with Crippen molar-refractivity contribution in [2.75, 3.05) is 38.2 Å². The van der Waals surface area contributed by atoms with Crippen molar-refractivity contribution in [3.8, 4) is 17.2 Å². The van der Waals surface area contributed by atoms with Crippen LogP contribution in [0.15, 0.2) is 65.6 Å². The van der Waals surface area contributed by atoms with E-state index in [4.69, 9.17) is 37.4 Å². The minimum Gasteiger partial charge on any atom is -0.494 e. The number of anilines is 1. The van der Waals surface area contributed by atoms with Crippen molar-refractivity contribution in [1.82, 2.24) is 10.2 Å². The topological polar surface area (TPSA) is 114 Å². The number of hydrogen-bond donors (Lipinski definition) is 1. The number of carbonyl (C=O) groups is 2. The fourth-order valence-corrected chi connectivity index (χ4v) is 6.52. The second-order valence-corrected chi connectivity index (χ2v) is 12.2. The number of nitrogens with one attached hydrogen (secondary N) is 1. The van der Waals surface area contributed by atoms with Crippen LogP contribution in [0.4, 0.5) is 5.69 Å². The van der Waals surface area contributed by atoms with Crippen LogP contribution in [-0.2, 0) is 26.2 Å². The maximum atomic E-state index is 14.2. The number of methoxy groups -OCH3 is 2. The van der Waals surface area contributed by atoms with E-state index in [1.165, 1.54) is 37.3 Å². The van der Waals surface area contributed by atoms with Gasteiger partial charge in [-0.15, -0.1) is 0 Å². The molecule has 10 nitrogen and oxygen atoms in total. The second-order valence-electron chi connectivity index (χ2n) is 9.50. The summed E-state index contributed by atoms with van der Waals surface area (Å²) >= 11 is 12.9. The van der Waals surface area contributed by atoms with Crippen LogP contribution in [0, 0.1) is 0 Å². The minimum absolute atomic E-state index is 0.124. The third-order valence-electron chi connectivity index (χ3n) is 6.78. The Morgan fingerprint density at radius 3 is 2.09 bits per heavy atom. The zero-order valence-corrected chi connectivity index (χ0v) is 27.6. The number of sulfonamides is 1. The maximum Gasteiger partial charge on any atom is 0.264 e. The molecule has 0 aliphatic heterocycles. The van der Waals surface area contributed by atoms with Gasteiger partial charge in [-0.3, -0.25) is 13.9 Å². The molecule has 0 saturated heterocycles. The molecule has 13 heteroatoms. The Kier molecular flexibility index (Phi) is 12.6. The molecule has 0 heterocycles. The number of halogens is 2. The molecule has 0 aliphatic carbocycles. The average molecular weight is 667 g/mol. The smallest absolute Gasteiger partial charge is 0.264 e. The van der Waals surface area contributed by atoms with Crippen molar-refractivity contribution in [1.29, 1.82) is 0 Å². The maximum absolute atomic E-state index is 14.2. The molecule has 3 aromatic carbocycles. The van der Waals surface area contributed by atoms with Crippen molar-refractivity contribution in [3.05, 3.63) is 76.3 Å². The number of ether oxygens (including phenoxy) is 3. The molecule has 1 N–H and O–H groups in total. The predicted octanol–water partition coefficient (Wildman–Crippen LogP) is 5.55. The Morgan fingerprint density at radius 1 is 0.909 bits per heavy atom. The lowest BCUT2D eigenvalue weighted by atomic mass is 10.1. The first-order valence-electron chi connectivity index (χ1n) is 14.0. The van der Waals surface area contributed by atoms with Crippen molar-refractivity contribution in [3.63, 3.8) is 0 Å². The summed E-state index contributed by atoms with van der Waals surface area (Å²) in [6, 6.07) is 14.5. The summed E-state index contributed by atoms with van der Waals surface area (Å²) in [5, 5.41) is 3.37. The van der Waals surface area contributed by atoms with Gasteiger partial charge in [0.1, 0.15) is 18.3 Å². The van der Waals surface area contributed by atoms with Crippen molar-refractivity contribution < 1.29 is 32.2 Å². The van der Waals surface area contributed by atoms with Crippen LogP contribution >= 0.6 is 23.2 Å². The van der Waals surface area contributed by atoms with Crippen molar-refractivity contribution in [2.24, 2.45) is 0 Å². The SMILES string of the molecule is CCNC(=O)[C@@H](CC)N(Cc1c(Cl)cccc1Cl)C(=O)CN(c1ccc(OCC)cc1)S(=O)(=O)c1ccc(OC)c(OC)c1. The first kappa shape index (κ1) is 34.8.